The lowest BCUT2D eigenvalue weighted by Gasteiger charge is -2.32. The van der Waals surface area contributed by atoms with E-state index in [1.807, 2.05) is 42.2 Å². The average molecular weight is 486 g/mol. The number of anilines is 2. The summed E-state index contributed by atoms with van der Waals surface area (Å²) in [5, 5.41) is 2.93. The molecule has 7 nitrogen and oxygen atoms in total. The Labute approximate surface area is 208 Å². The summed E-state index contributed by atoms with van der Waals surface area (Å²) in [4.78, 5) is 37.8. The Morgan fingerprint density at radius 3 is 2.72 bits per heavy atom. The number of fused-ring (bicyclic) bond motifs is 1. The smallest absolute Gasteiger partial charge is 0.295 e. The van der Waals surface area contributed by atoms with E-state index >= 15 is 0 Å². The second-order valence-electron chi connectivity index (χ2n) is 9.39. The predicted molar refractivity (Wildman–Crippen MR) is 139 cm³/mol. The molecule has 36 heavy (non-hydrogen) atoms. The summed E-state index contributed by atoms with van der Waals surface area (Å²) in [7, 11) is 0. The van der Waals surface area contributed by atoms with Crippen molar-refractivity contribution in [2.75, 3.05) is 23.3 Å². The van der Waals surface area contributed by atoms with Crippen molar-refractivity contribution >= 4 is 28.6 Å². The number of rotatable bonds is 5. The minimum atomic E-state index is -0.340. The number of piperidine rings is 1. The van der Waals surface area contributed by atoms with Crippen molar-refractivity contribution < 1.29 is 9.18 Å². The third kappa shape index (κ3) is 4.84. The Balaban J connectivity index is 1.44. The largest absolute Gasteiger partial charge is 0.351 e. The predicted octanol–water partition coefficient (Wildman–Crippen LogP) is 4.45. The van der Waals surface area contributed by atoms with Gasteiger partial charge < -0.3 is 10.2 Å². The highest BCUT2D eigenvalue weighted by Gasteiger charge is 2.29. The summed E-state index contributed by atoms with van der Waals surface area (Å²) in [6.07, 6.45) is 3.12. The van der Waals surface area contributed by atoms with Crippen LogP contribution in [0.2, 0.25) is 0 Å². The molecule has 4 aromatic rings. The van der Waals surface area contributed by atoms with Gasteiger partial charge in [0.2, 0.25) is 5.91 Å². The number of nitrogens with one attached hydrogen (secondary N) is 1. The molecule has 1 aliphatic heterocycles. The normalized spacial score (nSPS) is 15.8. The van der Waals surface area contributed by atoms with Gasteiger partial charge in [-0.05, 0) is 68.1 Å². The minimum absolute atomic E-state index is 0.142. The van der Waals surface area contributed by atoms with Gasteiger partial charge in [-0.2, -0.15) is 0 Å². The highest BCUT2D eigenvalue weighted by molar-refractivity contribution is 5.93. The number of carbonyl (C=O) groups excluding carboxylic acids is 1. The summed E-state index contributed by atoms with van der Waals surface area (Å²) < 4.78 is 15.1. The van der Waals surface area contributed by atoms with E-state index in [2.05, 4.69) is 15.3 Å². The van der Waals surface area contributed by atoms with Gasteiger partial charge in [0, 0.05) is 25.0 Å². The molecule has 0 aliphatic carbocycles. The third-order valence-corrected chi connectivity index (χ3v) is 6.68. The Morgan fingerprint density at radius 1 is 1.14 bits per heavy atom. The van der Waals surface area contributed by atoms with E-state index in [9.17, 15) is 14.0 Å². The number of nitrogens with zero attached hydrogens (tertiary/aromatic N) is 4. The summed E-state index contributed by atoms with van der Waals surface area (Å²) in [5.41, 5.74) is 4.35. The molecule has 1 atom stereocenters. The van der Waals surface area contributed by atoms with Gasteiger partial charge in [0.1, 0.15) is 11.3 Å². The SMILES string of the molecule is Cc1ccc(Cn2c(=O)c(N3CCC[C@H](C(=O)Nc4ccc(F)cc4C)C3)nc3cccnc32)cc1. The topological polar surface area (TPSA) is 80.1 Å². The Bertz CT molecular complexity index is 1480. The van der Waals surface area contributed by atoms with Crippen LogP contribution in [0, 0.1) is 25.6 Å². The van der Waals surface area contributed by atoms with Gasteiger partial charge in [-0.15, -0.1) is 0 Å². The van der Waals surface area contributed by atoms with Crippen molar-refractivity contribution in [3.63, 3.8) is 0 Å². The number of carbonyl (C=O) groups is 1. The van der Waals surface area contributed by atoms with E-state index in [4.69, 9.17) is 0 Å². The van der Waals surface area contributed by atoms with Gasteiger partial charge in [-0.25, -0.2) is 14.4 Å². The molecule has 5 rings (SSSR count). The maximum Gasteiger partial charge on any atom is 0.295 e. The molecule has 0 unspecified atom stereocenters. The first-order chi connectivity index (χ1) is 17.4. The van der Waals surface area contributed by atoms with Crippen LogP contribution in [-0.4, -0.2) is 33.5 Å². The second-order valence-corrected chi connectivity index (χ2v) is 9.39. The van der Waals surface area contributed by atoms with Crippen molar-refractivity contribution in [1.82, 2.24) is 14.5 Å². The van der Waals surface area contributed by atoms with Gasteiger partial charge >= 0.3 is 0 Å². The van der Waals surface area contributed by atoms with E-state index in [1.165, 1.54) is 12.1 Å². The number of aryl methyl sites for hydroxylation is 2. The van der Waals surface area contributed by atoms with Crippen LogP contribution < -0.4 is 15.8 Å². The monoisotopic (exact) mass is 485 g/mol. The Hall–Kier alpha value is -4.07. The zero-order chi connectivity index (χ0) is 25.2. The fourth-order valence-electron chi connectivity index (χ4n) is 4.68. The quantitative estimate of drug-likeness (QED) is 0.452. The number of amides is 1. The van der Waals surface area contributed by atoms with Crippen molar-refractivity contribution in [2.45, 2.75) is 33.2 Å². The molecule has 3 heterocycles. The minimum Gasteiger partial charge on any atom is -0.351 e. The van der Waals surface area contributed by atoms with Crippen LogP contribution in [0.3, 0.4) is 0 Å². The van der Waals surface area contributed by atoms with E-state index in [1.54, 1.807) is 29.8 Å². The van der Waals surface area contributed by atoms with Crippen molar-refractivity contribution in [3.8, 4) is 0 Å². The van der Waals surface area contributed by atoms with Gasteiger partial charge in [-0.3, -0.25) is 14.2 Å². The lowest BCUT2D eigenvalue weighted by molar-refractivity contribution is -0.120. The van der Waals surface area contributed by atoms with Crippen molar-refractivity contribution in [1.29, 1.82) is 0 Å². The van der Waals surface area contributed by atoms with Gasteiger partial charge in [0.05, 0.1) is 12.5 Å². The standard InChI is InChI=1S/C28H28FN5O2/c1-18-7-9-20(10-8-18)16-34-25-24(6-3-13-30-25)31-26(28(34)36)33-14-4-5-21(17-33)27(35)32-23-12-11-22(29)15-19(23)2/h3,6-13,15,21H,4-5,14,16-17H2,1-2H3,(H,32,35)/t21-/m0/s1. The molecular weight excluding hydrogens is 457 g/mol. The molecule has 1 fully saturated rings. The maximum atomic E-state index is 13.7. The maximum absolute atomic E-state index is 13.7. The van der Waals surface area contributed by atoms with E-state index < -0.39 is 0 Å². The first kappa shape index (κ1) is 23.7. The van der Waals surface area contributed by atoms with Crippen LogP contribution in [0.25, 0.3) is 11.2 Å². The van der Waals surface area contributed by atoms with Crippen molar-refractivity contribution in [3.05, 3.63) is 93.7 Å². The summed E-state index contributed by atoms with van der Waals surface area (Å²) >= 11 is 0. The number of benzene rings is 2. The third-order valence-electron chi connectivity index (χ3n) is 6.68. The molecule has 2 aromatic heterocycles. The molecule has 0 saturated carbocycles. The number of hydrogen-bond donors (Lipinski definition) is 1. The van der Waals surface area contributed by atoms with Gasteiger partial charge in [0.15, 0.2) is 11.5 Å². The Kier molecular flexibility index (Phi) is 6.50. The second kappa shape index (κ2) is 9.89. The molecule has 1 amide bonds. The molecule has 1 aliphatic rings. The van der Waals surface area contributed by atoms with E-state index in [0.717, 1.165) is 17.5 Å². The van der Waals surface area contributed by atoms with Crippen LogP contribution >= 0.6 is 0 Å². The summed E-state index contributed by atoms with van der Waals surface area (Å²) in [5.74, 6) is -0.470. The van der Waals surface area contributed by atoms with Crippen molar-refractivity contribution in [2.24, 2.45) is 5.92 Å². The number of hydrogen-bond acceptors (Lipinski definition) is 5. The van der Waals surface area contributed by atoms with Gasteiger partial charge in [-0.1, -0.05) is 29.8 Å². The molecule has 2 aromatic carbocycles. The van der Waals surface area contributed by atoms with Crippen LogP contribution in [0.1, 0.15) is 29.5 Å². The molecule has 0 spiro atoms. The van der Waals surface area contributed by atoms with E-state index in [0.29, 0.717) is 54.3 Å². The average Bonchev–Trinajstić information content (AvgIpc) is 2.88. The number of pyridine rings is 1. The first-order valence-electron chi connectivity index (χ1n) is 12.1. The molecule has 8 heteroatoms. The van der Waals surface area contributed by atoms with Gasteiger partial charge in [0.25, 0.3) is 5.56 Å². The highest BCUT2D eigenvalue weighted by Crippen LogP contribution is 2.24. The fourth-order valence-corrected chi connectivity index (χ4v) is 4.68. The number of halogens is 1. The van der Waals surface area contributed by atoms with Crippen LogP contribution in [0.5, 0.6) is 0 Å². The molecule has 0 bridgehead atoms. The molecule has 0 radical (unpaired) electrons. The molecule has 1 saturated heterocycles. The fraction of sp³-hybridized carbons (Fsp3) is 0.286. The zero-order valence-corrected chi connectivity index (χ0v) is 20.4. The molecule has 184 valence electrons. The molecular formula is C28H28FN5O2. The summed E-state index contributed by atoms with van der Waals surface area (Å²) in [6.45, 7) is 5.18. The van der Waals surface area contributed by atoms with Crippen LogP contribution in [0.4, 0.5) is 15.9 Å². The molecule has 1 N–H and O–H groups in total. The summed E-state index contributed by atoms with van der Waals surface area (Å²) in [6, 6.07) is 16.0. The number of aromatic nitrogens is 3. The lowest BCUT2D eigenvalue weighted by atomic mass is 9.97. The van der Waals surface area contributed by atoms with Crippen LogP contribution in [-0.2, 0) is 11.3 Å². The van der Waals surface area contributed by atoms with Crippen LogP contribution in [0.15, 0.2) is 65.6 Å². The van der Waals surface area contributed by atoms with E-state index in [-0.39, 0.29) is 23.2 Å². The zero-order valence-electron chi connectivity index (χ0n) is 20.4. The Morgan fingerprint density at radius 2 is 1.94 bits per heavy atom. The first-order valence-corrected chi connectivity index (χ1v) is 12.1. The lowest BCUT2D eigenvalue weighted by Crippen LogP contribution is -2.44. The highest BCUT2D eigenvalue weighted by atomic mass is 19.1.